The second kappa shape index (κ2) is 6.86. The molecule has 1 aliphatic carbocycles. The van der Waals surface area contributed by atoms with Gasteiger partial charge in [-0.2, -0.15) is 0 Å². The number of hydrogen-bond acceptors (Lipinski definition) is 3. The van der Waals surface area contributed by atoms with Gasteiger partial charge in [-0.05, 0) is 38.2 Å². The number of carbonyl (C=O) groups is 3. The number of amides is 3. The van der Waals surface area contributed by atoms with Crippen molar-refractivity contribution in [1.82, 2.24) is 9.80 Å². The maximum Gasteiger partial charge on any atom is 0.243 e. The average Bonchev–Trinajstić information content (AvgIpc) is 3.23. The summed E-state index contributed by atoms with van der Waals surface area (Å²) < 4.78 is 0. The molecular weight excluding hydrogens is 328 g/mol. The van der Waals surface area contributed by atoms with Gasteiger partial charge in [-0.3, -0.25) is 19.3 Å². The van der Waals surface area contributed by atoms with Crippen LogP contribution in [-0.4, -0.2) is 40.6 Å². The van der Waals surface area contributed by atoms with Crippen LogP contribution in [0.4, 0.5) is 0 Å². The third-order valence-corrected chi connectivity index (χ3v) is 6.26. The van der Waals surface area contributed by atoms with Gasteiger partial charge < -0.3 is 4.90 Å². The fourth-order valence-corrected chi connectivity index (χ4v) is 4.81. The number of fused-ring (bicyclic) bond motifs is 1. The van der Waals surface area contributed by atoms with Crippen molar-refractivity contribution in [2.75, 3.05) is 13.1 Å². The molecule has 138 valence electrons. The molecule has 0 aromatic heterocycles. The topological polar surface area (TPSA) is 57.7 Å². The third-order valence-electron chi connectivity index (χ3n) is 6.26. The first-order valence-electron chi connectivity index (χ1n) is 9.77. The van der Waals surface area contributed by atoms with E-state index >= 15 is 0 Å². The Balaban J connectivity index is 1.48. The molecule has 4 rings (SSSR count). The van der Waals surface area contributed by atoms with E-state index in [1.807, 2.05) is 11.8 Å². The van der Waals surface area contributed by atoms with Crippen molar-refractivity contribution in [3.05, 3.63) is 35.4 Å². The molecule has 5 heteroatoms. The van der Waals surface area contributed by atoms with Crippen LogP contribution in [0.15, 0.2) is 24.3 Å². The van der Waals surface area contributed by atoms with Crippen molar-refractivity contribution in [2.24, 2.45) is 11.8 Å². The van der Waals surface area contributed by atoms with Gasteiger partial charge in [0.1, 0.15) is 6.54 Å². The summed E-state index contributed by atoms with van der Waals surface area (Å²) >= 11 is 0. The minimum atomic E-state index is -0.185. The predicted molar refractivity (Wildman–Crippen MR) is 97.0 cm³/mol. The highest BCUT2D eigenvalue weighted by Crippen LogP contribution is 2.38. The van der Waals surface area contributed by atoms with Gasteiger partial charge in [-0.1, -0.05) is 42.7 Å². The monoisotopic (exact) mass is 354 g/mol. The normalized spacial score (nSPS) is 28.6. The molecule has 2 heterocycles. The first-order valence-corrected chi connectivity index (χ1v) is 9.77. The Morgan fingerprint density at radius 1 is 0.962 bits per heavy atom. The molecule has 2 aliphatic heterocycles. The van der Waals surface area contributed by atoms with E-state index in [1.54, 1.807) is 0 Å². The molecular formula is C21H26N2O3. The summed E-state index contributed by atoms with van der Waals surface area (Å²) in [6.07, 6.45) is 5.47. The zero-order chi connectivity index (χ0) is 18.3. The molecule has 1 aromatic carbocycles. The van der Waals surface area contributed by atoms with E-state index < -0.39 is 0 Å². The number of nitrogens with zero attached hydrogens (tertiary/aromatic N) is 2. The molecule has 3 atom stereocenters. The van der Waals surface area contributed by atoms with Crippen LogP contribution in [-0.2, 0) is 14.4 Å². The smallest absolute Gasteiger partial charge is 0.243 e. The van der Waals surface area contributed by atoms with E-state index in [4.69, 9.17) is 0 Å². The zero-order valence-electron chi connectivity index (χ0n) is 15.3. The predicted octanol–water partition coefficient (Wildman–Crippen LogP) is 2.83. The standard InChI is InChI=1S/C21H26N2O3/c1-14-8-10-15(11-9-14)18-7-4-12-22(18)19(24)13-23-20(25)16-5-2-3-6-17(16)21(23)26/h8-11,16-18H,2-7,12-13H2,1H3. The summed E-state index contributed by atoms with van der Waals surface area (Å²) in [4.78, 5) is 41.3. The minimum Gasteiger partial charge on any atom is -0.334 e. The lowest BCUT2D eigenvalue weighted by molar-refractivity contribution is -0.147. The fourth-order valence-electron chi connectivity index (χ4n) is 4.81. The maximum absolute atomic E-state index is 12.9. The van der Waals surface area contributed by atoms with Gasteiger partial charge in [0, 0.05) is 6.54 Å². The SMILES string of the molecule is Cc1ccc(C2CCCN2C(=O)CN2C(=O)C3CCCCC3C2=O)cc1. The maximum atomic E-state index is 12.9. The molecule has 3 fully saturated rings. The van der Waals surface area contributed by atoms with E-state index in [-0.39, 0.29) is 42.1 Å². The van der Waals surface area contributed by atoms with E-state index in [2.05, 4.69) is 24.3 Å². The van der Waals surface area contributed by atoms with Crippen LogP contribution in [0.2, 0.25) is 0 Å². The molecule has 5 nitrogen and oxygen atoms in total. The van der Waals surface area contributed by atoms with Crippen molar-refractivity contribution >= 4 is 17.7 Å². The number of rotatable bonds is 3. The molecule has 3 unspecified atom stereocenters. The molecule has 1 saturated carbocycles. The van der Waals surface area contributed by atoms with Gasteiger partial charge in [0.25, 0.3) is 0 Å². The largest absolute Gasteiger partial charge is 0.334 e. The van der Waals surface area contributed by atoms with Crippen molar-refractivity contribution < 1.29 is 14.4 Å². The molecule has 26 heavy (non-hydrogen) atoms. The van der Waals surface area contributed by atoms with Crippen molar-refractivity contribution in [3.63, 3.8) is 0 Å². The van der Waals surface area contributed by atoms with Crippen molar-refractivity contribution in [1.29, 1.82) is 0 Å². The average molecular weight is 354 g/mol. The summed E-state index contributed by atoms with van der Waals surface area (Å²) in [5.41, 5.74) is 2.33. The lowest BCUT2D eigenvalue weighted by Crippen LogP contribution is -2.43. The molecule has 3 aliphatic rings. The quantitative estimate of drug-likeness (QED) is 0.784. The van der Waals surface area contributed by atoms with Crippen LogP contribution in [0, 0.1) is 18.8 Å². The molecule has 3 amide bonds. The van der Waals surface area contributed by atoms with Crippen LogP contribution < -0.4 is 0 Å². The highest BCUT2D eigenvalue weighted by atomic mass is 16.2. The van der Waals surface area contributed by atoms with Crippen molar-refractivity contribution in [2.45, 2.75) is 51.5 Å². The zero-order valence-corrected chi connectivity index (χ0v) is 15.3. The van der Waals surface area contributed by atoms with Crippen LogP contribution in [0.3, 0.4) is 0 Å². The highest BCUT2D eigenvalue weighted by molar-refractivity contribution is 6.07. The minimum absolute atomic E-state index is 0.0539. The fraction of sp³-hybridized carbons (Fsp3) is 0.571. The number of benzene rings is 1. The van der Waals surface area contributed by atoms with Crippen LogP contribution in [0.25, 0.3) is 0 Å². The lowest BCUT2D eigenvalue weighted by Gasteiger charge is -2.27. The van der Waals surface area contributed by atoms with Gasteiger partial charge >= 0.3 is 0 Å². The third kappa shape index (κ3) is 2.93. The van der Waals surface area contributed by atoms with Gasteiger partial charge in [-0.25, -0.2) is 0 Å². The first-order chi connectivity index (χ1) is 12.6. The Hall–Kier alpha value is -2.17. The van der Waals surface area contributed by atoms with Crippen LogP contribution >= 0.6 is 0 Å². The first kappa shape index (κ1) is 17.3. The van der Waals surface area contributed by atoms with E-state index in [0.29, 0.717) is 6.54 Å². The Labute approximate surface area is 154 Å². The molecule has 0 radical (unpaired) electrons. The van der Waals surface area contributed by atoms with Gasteiger partial charge in [-0.15, -0.1) is 0 Å². The molecule has 0 bridgehead atoms. The summed E-state index contributed by atoms with van der Waals surface area (Å²) in [6, 6.07) is 8.33. The number of aryl methyl sites for hydroxylation is 1. The van der Waals surface area contributed by atoms with E-state index in [0.717, 1.165) is 44.1 Å². The molecule has 1 aromatic rings. The Bertz CT molecular complexity index is 703. The molecule has 0 spiro atoms. The molecule has 0 N–H and O–H groups in total. The summed E-state index contributed by atoms with van der Waals surface area (Å²) in [6.45, 7) is 2.65. The summed E-state index contributed by atoms with van der Waals surface area (Å²) in [5.74, 6) is -0.724. The van der Waals surface area contributed by atoms with Gasteiger partial charge in [0.2, 0.25) is 17.7 Å². The summed E-state index contributed by atoms with van der Waals surface area (Å²) in [7, 11) is 0. The Morgan fingerprint density at radius 3 is 2.19 bits per heavy atom. The van der Waals surface area contributed by atoms with E-state index in [1.165, 1.54) is 10.5 Å². The Morgan fingerprint density at radius 2 is 1.58 bits per heavy atom. The lowest BCUT2D eigenvalue weighted by atomic mass is 9.81. The number of carbonyl (C=O) groups excluding carboxylic acids is 3. The Kier molecular flexibility index (Phi) is 4.55. The number of likely N-dealkylation sites (tertiary alicyclic amines) is 2. The second-order valence-corrected chi connectivity index (χ2v) is 7.92. The number of hydrogen-bond donors (Lipinski definition) is 0. The van der Waals surface area contributed by atoms with Crippen LogP contribution in [0.1, 0.15) is 55.7 Å². The second-order valence-electron chi connectivity index (χ2n) is 7.92. The highest BCUT2D eigenvalue weighted by Gasteiger charge is 2.49. The van der Waals surface area contributed by atoms with Gasteiger partial charge in [0.15, 0.2) is 0 Å². The van der Waals surface area contributed by atoms with E-state index in [9.17, 15) is 14.4 Å². The summed E-state index contributed by atoms with van der Waals surface area (Å²) in [5, 5.41) is 0. The van der Waals surface area contributed by atoms with Crippen molar-refractivity contribution in [3.8, 4) is 0 Å². The van der Waals surface area contributed by atoms with Crippen LogP contribution in [0.5, 0.6) is 0 Å². The number of imide groups is 1. The molecule has 2 saturated heterocycles. The van der Waals surface area contributed by atoms with Gasteiger partial charge in [0.05, 0.1) is 17.9 Å².